The Morgan fingerprint density at radius 1 is 0.968 bits per heavy atom. The number of rotatable bonds is 5. The SMILES string of the molecule is NC(=O)c1ccc(Oc2ccc(C(N)C3CCc4ccccc43)c3ccccc23)nc1. The number of aromatic nitrogens is 1. The maximum absolute atomic E-state index is 11.3. The highest BCUT2D eigenvalue weighted by atomic mass is 16.5. The van der Waals surface area contributed by atoms with Crippen LogP contribution >= 0.6 is 0 Å². The molecule has 0 bridgehead atoms. The van der Waals surface area contributed by atoms with Crippen molar-refractivity contribution in [3.8, 4) is 11.6 Å². The van der Waals surface area contributed by atoms with Gasteiger partial charge in [-0.05, 0) is 47.1 Å². The fraction of sp³-hybridized carbons (Fsp3) is 0.154. The van der Waals surface area contributed by atoms with Crippen molar-refractivity contribution in [2.75, 3.05) is 0 Å². The Balaban J connectivity index is 1.50. The highest BCUT2D eigenvalue weighted by molar-refractivity contribution is 5.93. The van der Waals surface area contributed by atoms with Crippen LogP contribution in [0, 0.1) is 0 Å². The van der Waals surface area contributed by atoms with E-state index in [1.165, 1.54) is 17.3 Å². The second-order valence-corrected chi connectivity index (χ2v) is 7.92. The largest absolute Gasteiger partial charge is 0.438 e. The first kappa shape index (κ1) is 19.3. The van der Waals surface area contributed by atoms with Crippen LogP contribution in [0.3, 0.4) is 0 Å². The molecule has 1 heterocycles. The van der Waals surface area contributed by atoms with E-state index in [0.717, 1.165) is 29.2 Å². The molecule has 5 rings (SSSR count). The first-order valence-electron chi connectivity index (χ1n) is 10.4. The van der Waals surface area contributed by atoms with Crippen molar-refractivity contribution in [2.45, 2.75) is 24.8 Å². The van der Waals surface area contributed by atoms with Gasteiger partial charge in [0.15, 0.2) is 0 Å². The summed E-state index contributed by atoms with van der Waals surface area (Å²) in [6.07, 6.45) is 3.55. The van der Waals surface area contributed by atoms with Crippen LogP contribution in [0.25, 0.3) is 10.8 Å². The van der Waals surface area contributed by atoms with E-state index in [1.807, 2.05) is 24.3 Å². The number of primary amides is 1. The van der Waals surface area contributed by atoms with Crippen LogP contribution < -0.4 is 16.2 Å². The predicted octanol–water partition coefficient (Wildman–Crippen LogP) is 4.86. The van der Waals surface area contributed by atoms with Gasteiger partial charge in [-0.25, -0.2) is 4.98 Å². The summed E-state index contributed by atoms with van der Waals surface area (Å²) in [6, 6.07) is 23.9. The van der Waals surface area contributed by atoms with E-state index in [-0.39, 0.29) is 6.04 Å². The fourth-order valence-corrected chi connectivity index (χ4v) is 4.55. The van der Waals surface area contributed by atoms with Gasteiger partial charge in [-0.15, -0.1) is 0 Å². The lowest BCUT2D eigenvalue weighted by atomic mass is 9.86. The molecular formula is C26H23N3O2. The van der Waals surface area contributed by atoms with E-state index in [0.29, 0.717) is 23.1 Å². The van der Waals surface area contributed by atoms with E-state index in [9.17, 15) is 4.79 Å². The molecule has 0 saturated heterocycles. The van der Waals surface area contributed by atoms with Crippen molar-refractivity contribution in [3.63, 3.8) is 0 Å². The Morgan fingerprint density at radius 3 is 2.52 bits per heavy atom. The molecule has 0 aliphatic heterocycles. The molecule has 1 aliphatic rings. The zero-order chi connectivity index (χ0) is 21.4. The van der Waals surface area contributed by atoms with E-state index in [4.69, 9.17) is 16.2 Å². The molecule has 0 fully saturated rings. The third kappa shape index (κ3) is 3.53. The number of benzene rings is 3. The lowest BCUT2D eigenvalue weighted by Gasteiger charge is -2.23. The molecule has 1 aromatic heterocycles. The number of ether oxygens (including phenoxy) is 1. The van der Waals surface area contributed by atoms with Crippen LogP contribution in [0.5, 0.6) is 11.6 Å². The highest BCUT2D eigenvalue weighted by Gasteiger charge is 2.29. The average Bonchev–Trinajstić information content (AvgIpc) is 3.23. The normalized spacial score (nSPS) is 16.1. The van der Waals surface area contributed by atoms with Gasteiger partial charge < -0.3 is 16.2 Å². The molecule has 5 heteroatoms. The number of carbonyl (C=O) groups is 1. The highest BCUT2D eigenvalue weighted by Crippen LogP contribution is 2.43. The molecule has 2 unspecified atom stereocenters. The maximum atomic E-state index is 11.3. The maximum Gasteiger partial charge on any atom is 0.250 e. The zero-order valence-corrected chi connectivity index (χ0v) is 17.0. The van der Waals surface area contributed by atoms with Gasteiger partial charge in [0.2, 0.25) is 11.8 Å². The quantitative estimate of drug-likeness (QED) is 0.493. The molecule has 0 saturated carbocycles. The van der Waals surface area contributed by atoms with Crippen molar-refractivity contribution in [2.24, 2.45) is 11.5 Å². The van der Waals surface area contributed by atoms with Crippen molar-refractivity contribution < 1.29 is 9.53 Å². The number of carbonyl (C=O) groups excluding carboxylic acids is 1. The van der Waals surface area contributed by atoms with Crippen molar-refractivity contribution in [1.29, 1.82) is 0 Å². The lowest BCUT2D eigenvalue weighted by Crippen LogP contribution is -2.18. The second kappa shape index (κ2) is 7.85. The molecule has 0 radical (unpaired) electrons. The molecule has 4 aromatic rings. The fourth-order valence-electron chi connectivity index (χ4n) is 4.55. The molecule has 5 nitrogen and oxygen atoms in total. The molecule has 154 valence electrons. The Morgan fingerprint density at radius 2 is 1.74 bits per heavy atom. The second-order valence-electron chi connectivity index (χ2n) is 7.92. The number of fused-ring (bicyclic) bond motifs is 2. The van der Waals surface area contributed by atoms with Crippen LogP contribution in [0.2, 0.25) is 0 Å². The summed E-state index contributed by atoms with van der Waals surface area (Å²) in [7, 11) is 0. The van der Waals surface area contributed by atoms with E-state index >= 15 is 0 Å². The van der Waals surface area contributed by atoms with Gasteiger partial charge in [-0.1, -0.05) is 54.6 Å². The van der Waals surface area contributed by atoms with E-state index in [2.05, 4.69) is 41.4 Å². The molecule has 1 amide bonds. The average molecular weight is 409 g/mol. The first-order chi connectivity index (χ1) is 15.1. The first-order valence-corrected chi connectivity index (χ1v) is 10.4. The van der Waals surface area contributed by atoms with E-state index < -0.39 is 5.91 Å². The number of hydrogen-bond donors (Lipinski definition) is 2. The molecule has 1 aliphatic carbocycles. The molecule has 0 spiro atoms. The summed E-state index contributed by atoms with van der Waals surface area (Å²) in [5, 5.41) is 2.05. The smallest absolute Gasteiger partial charge is 0.250 e. The van der Waals surface area contributed by atoms with E-state index in [1.54, 1.807) is 12.1 Å². The third-order valence-electron chi connectivity index (χ3n) is 6.13. The van der Waals surface area contributed by atoms with Gasteiger partial charge in [0, 0.05) is 29.6 Å². The molecule has 3 aromatic carbocycles. The summed E-state index contributed by atoms with van der Waals surface area (Å²) in [5.41, 5.74) is 16.3. The summed E-state index contributed by atoms with van der Waals surface area (Å²) >= 11 is 0. The Kier molecular flexibility index (Phi) is 4.88. The van der Waals surface area contributed by atoms with Crippen LogP contribution in [0.1, 0.15) is 45.4 Å². The number of aryl methyl sites for hydroxylation is 1. The minimum atomic E-state index is -0.517. The van der Waals surface area contributed by atoms with Crippen molar-refractivity contribution in [3.05, 3.63) is 101 Å². The standard InChI is InChI=1S/C26H23N3O2/c27-25(21-11-9-16-5-1-2-6-18(16)21)22-12-13-23(20-8-4-3-7-19(20)22)31-24-14-10-17(15-29-24)26(28)30/h1-8,10,12-15,21,25H,9,11,27H2,(H2,28,30). The third-order valence-corrected chi connectivity index (χ3v) is 6.13. The summed E-state index contributed by atoms with van der Waals surface area (Å²) in [4.78, 5) is 15.5. The topological polar surface area (TPSA) is 91.2 Å². The molecular weight excluding hydrogens is 386 g/mol. The van der Waals surface area contributed by atoms with Crippen LogP contribution in [0.4, 0.5) is 0 Å². The predicted molar refractivity (Wildman–Crippen MR) is 121 cm³/mol. The molecule has 4 N–H and O–H groups in total. The molecule has 31 heavy (non-hydrogen) atoms. The van der Waals surface area contributed by atoms with Crippen molar-refractivity contribution >= 4 is 16.7 Å². The van der Waals surface area contributed by atoms with Gasteiger partial charge in [0.25, 0.3) is 0 Å². The van der Waals surface area contributed by atoms with Gasteiger partial charge >= 0.3 is 0 Å². The van der Waals surface area contributed by atoms with Gasteiger partial charge in [-0.3, -0.25) is 4.79 Å². The Bertz CT molecular complexity index is 1270. The van der Waals surface area contributed by atoms with Crippen LogP contribution in [0.15, 0.2) is 79.0 Å². The minimum absolute atomic E-state index is 0.101. The summed E-state index contributed by atoms with van der Waals surface area (Å²) in [5.74, 6) is 0.875. The van der Waals surface area contributed by atoms with Crippen LogP contribution in [-0.2, 0) is 6.42 Å². The monoisotopic (exact) mass is 409 g/mol. The number of hydrogen-bond acceptors (Lipinski definition) is 4. The zero-order valence-electron chi connectivity index (χ0n) is 17.0. The minimum Gasteiger partial charge on any atom is -0.438 e. The van der Waals surface area contributed by atoms with Crippen LogP contribution in [-0.4, -0.2) is 10.9 Å². The van der Waals surface area contributed by atoms with Gasteiger partial charge in [0.05, 0.1) is 5.56 Å². The number of nitrogens with two attached hydrogens (primary N) is 2. The molecule has 2 atom stereocenters. The summed E-state index contributed by atoms with van der Waals surface area (Å²) < 4.78 is 6.04. The number of amides is 1. The Labute approximate surface area is 180 Å². The Hall–Kier alpha value is -3.70. The number of pyridine rings is 1. The van der Waals surface area contributed by atoms with Gasteiger partial charge in [0.1, 0.15) is 5.75 Å². The summed E-state index contributed by atoms with van der Waals surface area (Å²) in [6.45, 7) is 0. The van der Waals surface area contributed by atoms with Crippen molar-refractivity contribution in [1.82, 2.24) is 4.98 Å². The lowest BCUT2D eigenvalue weighted by molar-refractivity contribution is 0.1000. The number of nitrogens with zero attached hydrogens (tertiary/aromatic N) is 1. The van der Waals surface area contributed by atoms with Gasteiger partial charge in [-0.2, -0.15) is 0 Å².